The molecule has 12 heteroatoms. The van der Waals surface area contributed by atoms with E-state index in [0.717, 1.165) is 12.1 Å². The fourth-order valence-electron chi connectivity index (χ4n) is 3.29. The van der Waals surface area contributed by atoms with Crippen molar-refractivity contribution in [1.29, 1.82) is 0 Å². The van der Waals surface area contributed by atoms with Crippen molar-refractivity contribution in [2.75, 3.05) is 18.0 Å². The highest BCUT2D eigenvalue weighted by molar-refractivity contribution is 5.95. The molecule has 2 heterocycles. The predicted molar refractivity (Wildman–Crippen MR) is 103 cm³/mol. The summed E-state index contributed by atoms with van der Waals surface area (Å²) in [6.45, 7) is 0.474. The standard InChI is InChI=1S/C19H18F3N5O4/c20-19(21,22)14-3-4-15(16(10-14)27(30)31)26-8-5-12(6-9-26)17(28)24-25-18(29)13-2-1-7-23-11-13/h1-4,7,10-12H,5-6,8-9H2,(H,24,28)(H,25,29). The molecular formula is C19H18F3N5O4. The van der Waals surface area contributed by atoms with Crippen LogP contribution in [0, 0.1) is 16.0 Å². The van der Waals surface area contributed by atoms with Crippen molar-refractivity contribution in [3.8, 4) is 0 Å². The first-order chi connectivity index (χ1) is 14.7. The normalized spacial score (nSPS) is 14.7. The van der Waals surface area contributed by atoms with Gasteiger partial charge >= 0.3 is 6.18 Å². The fourth-order valence-corrected chi connectivity index (χ4v) is 3.29. The molecule has 0 spiro atoms. The summed E-state index contributed by atoms with van der Waals surface area (Å²) in [5.74, 6) is -1.41. The molecule has 9 nitrogen and oxygen atoms in total. The molecule has 1 aliphatic rings. The van der Waals surface area contributed by atoms with Crippen LogP contribution in [0.4, 0.5) is 24.5 Å². The van der Waals surface area contributed by atoms with Gasteiger partial charge in [-0.2, -0.15) is 13.2 Å². The van der Waals surface area contributed by atoms with Crippen molar-refractivity contribution in [2.24, 2.45) is 5.92 Å². The van der Waals surface area contributed by atoms with E-state index >= 15 is 0 Å². The van der Waals surface area contributed by atoms with E-state index in [2.05, 4.69) is 15.8 Å². The zero-order valence-corrected chi connectivity index (χ0v) is 16.1. The van der Waals surface area contributed by atoms with E-state index < -0.39 is 40.1 Å². The Kier molecular flexibility index (Phi) is 6.37. The average Bonchev–Trinajstić information content (AvgIpc) is 2.77. The van der Waals surface area contributed by atoms with E-state index in [9.17, 15) is 32.9 Å². The number of nitrogens with zero attached hydrogens (tertiary/aromatic N) is 3. The van der Waals surface area contributed by atoms with Gasteiger partial charge in [-0.25, -0.2) is 0 Å². The Bertz CT molecular complexity index is 976. The van der Waals surface area contributed by atoms with Gasteiger partial charge in [0, 0.05) is 37.5 Å². The molecule has 1 aliphatic heterocycles. The molecule has 0 unspecified atom stereocenters. The van der Waals surface area contributed by atoms with Crippen LogP contribution in [0.15, 0.2) is 42.7 Å². The summed E-state index contributed by atoms with van der Waals surface area (Å²) in [5, 5.41) is 11.3. The van der Waals surface area contributed by atoms with E-state index in [4.69, 9.17) is 0 Å². The van der Waals surface area contributed by atoms with Gasteiger partial charge in [-0.3, -0.25) is 35.5 Å². The molecule has 164 valence electrons. The third-order valence-corrected chi connectivity index (χ3v) is 4.93. The van der Waals surface area contributed by atoms with Crippen molar-refractivity contribution in [3.63, 3.8) is 0 Å². The molecule has 0 aliphatic carbocycles. The Labute approximate surface area is 174 Å². The number of halogens is 3. The van der Waals surface area contributed by atoms with Crippen LogP contribution in [-0.4, -0.2) is 34.8 Å². The minimum atomic E-state index is -4.69. The van der Waals surface area contributed by atoms with E-state index in [1.165, 1.54) is 18.5 Å². The number of carbonyl (C=O) groups is 2. The van der Waals surface area contributed by atoms with Gasteiger partial charge in [0.25, 0.3) is 11.6 Å². The summed E-state index contributed by atoms with van der Waals surface area (Å²) in [6, 6.07) is 5.50. The highest BCUT2D eigenvalue weighted by Crippen LogP contribution is 2.37. The number of hydrazine groups is 1. The van der Waals surface area contributed by atoms with Gasteiger partial charge in [-0.15, -0.1) is 0 Å². The lowest BCUT2D eigenvalue weighted by atomic mass is 9.95. The Morgan fingerprint density at radius 1 is 1.16 bits per heavy atom. The van der Waals surface area contributed by atoms with Gasteiger partial charge in [-0.05, 0) is 37.1 Å². The zero-order chi connectivity index (χ0) is 22.6. The maximum atomic E-state index is 12.9. The number of nitro groups is 1. The number of nitro benzene ring substituents is 1. The minimum absolute atomic E-state index is 0.0711. The van der Waals surface area contributed by atoms with Crippen LogP contribution in [0.1, 0.15) is 28.8 Å². The van der Waals surface area contributed by atoms with Crippen LogP contribution in [-0.2, 0) is 11.0 Å². The van der Waals surface area contributed by atoms with Gasteiger partial charge < -0.3 is 4.90 Å². The van der Waals surface area contributed by atoms with Gasteiger partial charge in [0.05, 0.1) is 16.1 Å². The number of benzene rings is 1. The minimum Gasteiger partial charge on any atom is -0.366 e. The van der Waals surface area contributed by atoms with Crippen LogP contribution >= 0.6 is 0 Å². The van der Waals surface area contributed by atoms with Gasteiger partial charge in [0.2, 0.25) is 5.91 Å². The second-order valence-electron chi connectivity index (χ2n) is 6.90. The molecule has 2 aromatic rings. The fraction of sp³-hybridized carbons (Fsp3) is 0.316. The van der Waals surface area contributed by atoms with E-state index in [-0.39, 0.29) is 24.3 Å². The molecule has 1 aromatic heterocycles. The Morgan fingerprint density at radius 2 is 1.87 bits per heavy atom. The van der Waals surface area contributed by atoms with Crippen LogP contribution in [0.3, 0.4) is 0 Å². The largest absolute Gasteiger partial charge is 0.416 e. The first-order valence-electron chi connectivity index (χ1n) is 9.27. The molecule has 1 saturated heterocycles. The third-order valence-electron chi connectivity index (χ3n) is 4.93. The van der Waals surface area contributed by atoms with Crippen molar-refractivity contribution in [3.05, 3.63) is 64.0 Å². The van der Waals surface area contributed by atoms with Crippen molar-refractivity contribution in [1.82, 2.24) is 15.8 Å². The second kappa shape index (κ2) is 8.98. The highest BCUT2D eigenvalue weighted by Gasteiger charge is 2.35. The molecule has 3 rings (SSSR count). The number of rotatable bonds is 4. The number of hydrogen-bond acceptors (Lipinski definition) is 6. The topological polar surface area (TPSA) is 117 Å². The lowest BCUT2D eigenvalue weighted by Gasteiger charge is -2.32. The van der Waals surface area contributed by atoms with Crippen molar-refractivity contribution >= 4 is 23.2 Å². The number of nitrogens with one attached hydrogen (secondary N) is 2. The molecule has 0 radical (unpaired) electrons. The first kappa shape index (κ1) is 22.0. The molecule has 1 aromatic carbocycles. The lowest BCUT2D eigenvalue weighted by molar-refractivity contribution is -0.384. The average molecular weight is 437 g/mol. The number of aromatic nitrogens is 1. The molecule has 31 heavy (non-hydrogen) atoms. The molecule has 0 atom stereocenters. The van der Waals surface area contributed by atoms with Crippen molar-refractivity contribution < 1.29 is 27.7 Å². The SMILES string of the molecule is O=C(NNC(=O)C1CCN(c2ccc(C(F)(F)F)cc2[N+](=O)[O-])CC1)c1cccnc1. The number of hydrogen-bond donors (Lipinski definition) is 2. The van der Waals surface area contributed by atoms with Crippen LogP contribution in [0.2, 0.25) is 0 Å². The molecule has 1 fully saturated rings. The number of piperidine rings is 1. The molecular weight excluding hydrogens is 419 g/mol. The van der Waals surface area contributed by atoms with Gasteiger partial charge in [0.1, 0.15) is 5.69 Å². The number of carbonyl (C=O) groups excluding carboxylic acids is 2. The lowest BCUT2D eigenvalue weighted by Crippen LogP contribution is -2.47. The smallest absolute Gasteiger partial charge is 0.366 e. The predicted octanol–water partition coefficient (Wildman–Crippen LogP) is 2.69. The highest BCUT2D eigenvalue weighted by atomic mass is 19.4. The Morgan fingerprint density at radius 3 is 2.45 bits per heavy atom. The Balaban J connectivity index is 1.59. The summed E-state index contributed by atoms with van der Waals surface area (Å²) in [6.07, 6.45) is -1.21. The third kappa shape index (κ3) is 5.27. The molecule has 0 saturated carbocycles. The summed E-state index contributed by atoms with van der Waals surface area (Å²) in [7, 11) is 0. The number of anilines is 1. The second-order valence-corrected chi connectivity index (χ2v) is 6.90. The molecule has 0 bridgehead atoms. The molecule has 2 amide bonds. The van der Waals surface area contributed by atoms with Crippen LogP contribution in [0.5, 0.6) is 0 Å². The van der Waals surface area contributed by atoms with Gasteiger partial charge in [-0.1, -0.05) is 0 Å². The summed E-state index contributed by atoms with van der Waals surface area (Å²) in [4.78, 5) is 40.1. The zero-order valence-electron chi connectivity index (χ0n) is 16.1. The molecule has 2 N–H and O–H groups in total. The van der Waals surface area contributed by atoms with E-state index in [1.807, 2.05) is 0 Å². The van der Waals surface area contributed by atoms with Crippen LogP contribution < -0.4 is 15.8 Å². The number of alkyl halides is 3. The van der Waals surface area contributed by atoms with Crippen LogP contribution in [0.25, 0.3) is 0 Å². The van der Waals surface area contributed by atoms with E-state index in [1.54, 1.807) is 11.0 Å². The number of pyridine rings is 1. The van der Waals surface area contributed by atoms with Gasteiger partial charge in [0.15, 0.2) is 0 Å². The quantitative estimate of drug-likeness (QED) is 0.561. The first-order valence-corrected chi connectivity index (χ1v) is 9.27. The summed E-state index contributed by atoms with van der Waals surface area (Å²) in [5.41, 5.74) is 3.24. The summed E-state index contributed by atoms with van der Waals surface area (Å²) < 4.78 is 38.6. The van der Waals surface area contributed by atoms with E-state index in [0.29, 0.717) is 18.9 Å². The monoisotopic (exact) mass is 437 g/mol. The maximum absolute atomic E-state index is 12.9. The number of amides is 2. The summed E-state index contributed by atoms with van der Waals surface area (Å²) >= 11 is 0. The van der Waals surface area contributed by atoms with Crippen molar-refractivity contribution in [2.45, 2.75) is 19.0 Å². The maximum Gasteiger partial charge on any atom is 0.416 e. The Hall–Kier alpha value is -3.70.